The van der Waals surface area contributed by atoms with E-state index in [-0.39, 0.29) is 0 Å². The van der Waals surface area contributed by atoms with Crippen LogP contribution in [0.1, 0.15) is 22.4 Å². The highest BCUT2D eigenvalue weighted by molar-refractivity contribution is 5.68. The molecule has 3 rings (SSSR count). The Kier molecular flexibility index (Phi) is 3.48. The van der Waals surface area contributed by atoms with Crippen LogP contribution in [0, 0.1) is 32.1 Å². The molecule has 0 unspecified atom stereocenters. The third-order valence-corrected chi connectivity index (χ3v) is 3.84. The van der Waals surface area contributed by atoms with Gasteiger partial charge in [0.2, 0.25) is 0 Å². The molecule has 2 aromatic carbocycles. The smallest absolute Gasteiger partial charge is 0.191 e. The first-order valence-electron chi connectivity index (χ1n) is 7.10. The number of aromatic nitrogens is 3. The topological polar surface area (TPSA) is 54.5 Å². The van der Waals surface area contributed by atoms with Gasteiger partial charge in [0, 0.05) is 5.56 Å². The van der Waals surface area contributed by atoms with Gasteiger partial charge in [-0.25, -0.2) is 4.68 Å². The second kappa shape index (κ2) is 5.45. The summed E-state index contributed by atoms with van der Waals surface area (Å²) < 4.78 is 1.72. The largest absolute Gasteiger partial charge is 0.211 e. The standard InChI is InChI=1S/C18H16N4/c1-12-4-8-16(9-5-12)22-18(17(11-19)20-21-22)15-7-6-13(2)14(3)10-15/h4-10H,1-3H3. The summed E-state index contributed by atoms with van der Waals surface area (Å²) in [5, 5.41) is 17.5. The van der Waals surface area contributed by atoms with Crippen molar-refractivity contribution in [3.63, 3.8) is 0 Å². The van der Waals surface area contributed by atoms with Gasteiger partial charge >= 0.3 is 0 Å². The summed E-state index contributed by atoms with van der Waals surface area (Å²) in [6.07, 6.45) is 0. The quantitative estimate of drug-likeness (QED) is 0.722. The van der Waals surface area contributed by atoms with Crippen molar-refractivity contribution < 1.29 is 0 Å². The number of rotatable bonds is 2. The summed E-state index contributed by atoms with van der Waals surface area (Å²) in [7, 11) is 0. The SMILES string of the molecule is Cc1ccc(-n2nnc(C#N)c2-c2ccc(C)c(C)c2)cc1. The maximum absolute atomic E-state index is 9.34. The monoisotopic (exact) mass is 288 g/mol. The molecule has 1 aromatic heterocycles. The Morgan fingerprint density at radius 2 is 1.68 bits per heavy atom. The number of hydrogen-bond acceptors (Lipinski definition) is 3. The van der Waals surface area contributed by atoms with E-state index in [0.717, 1.165) is 16.9 Å². The Morgan fingerprint density at radius 3 is 2.32 bits per heavy atom. The molecule has 0 amide bonds. The molecule has 3 aromatic rings. The highest BCUT2D eigenvalue weighted by atomic mass is 15.4. The average molecular weight is 288 g/mol. The van der Waals surface area contributed by atoms with Gasteiger partial charge in [-0.1, -0.05) is 35.0 Å². The van der Waals surface area contributed by atoms with Crippen molar-refractivity contribution in [1.82, 2.24) is 15.0 Å². The molecule has 0 radical (unpaired) electrons. The van der Waals surface area contributed by atoms with E-state index in [0.29, 0.717) is 5.69 Å². The molecular weight excluding hydrogens is 272 g/mol. The van der Waals surface area contributed by atoms with Gasteiger partial charge in [0.25, 0.3) is 0 Å². The van der Waals surface area contributed by atoms with Crippen LogP contribution in [0.4, 0.5) is 0 Å². The second-order valence-corrected chi connectivity index (χ2v) is 5.44. The fourth-order valence-corrected chi connectivity index (χ4v) is 2.37. The molecule has 0 aliphatic carbocycles. The predicted molar refractivity (Wildman–Crippen MR) is 85.7 cm³/mol. The van der Waals surface area contributed by atoms with Crippen molar-refractivity contribution in [2.24, 2.45) is 0 Å². The zero-order valence-corrected chi connectivity index (χ0v) is 12.8. The molecule has 4 nitrogen and oxygen atoms in total. The van der Waals surface area contributed by atoms with Crippen molar-refractivity contribution in [2.75, 3.05) is 0 Å². The molecule has 0 saturated heterocycles. The molecule has 0 spiro atoms. The number of nitriles is 1. The van der Waals surface area contributed by atoms with Crippen LogP contribution in [-0.2, 0) is 0 Å². The number of benzene rings is 2. The molecule has 0 atom stereocenters. The van der Waals surface area contributed by atoms with Crippen molar-refractivity contribution in [3.8, 4) is 23.0 Å². The van der Waals surface area contributed by atoms with E-state index >= 15 is 0 Å². The van der Waals surface area contributed by atoms with Crippen LogP contribution in [0.2, 0.25) is 0 Å². The number of hydrogen-bond donors (Lipinski definition) is 0. The van der Waals surface area contributed by atoms with E-state index in [4.69, 9.17) is 0 Å². The van der Waals surface area contributed by atoms with E-state index in [1.54, 1.807) is 4.68 Å². The zero-order valence-electron chi connectivity index (χ0n) is 12.8. The highest BCUT2D eigenvalue weighted by Crippen LogP contribution is 2.26. The van der Waals surface area contributed by atoms with Gasteiger partial charge in [-0.05, 0) is 50.1 Å². The van der Waals surface area contributed by atoms with E-state index in [2.05, 4.69) is 42.4 Å². The maximum Gasteiger partial charge on any atom is 0.191 e. The van der Waals surface area contributed by atoms with Gasteiger partial charge in [0.05, 0.1) is 5.69 Å². The van der Waals surface area contributed by atoms with Crippen molar-refractivity contribution in [3.05, 3.63) is 64.8 Å². The molecule has 4 heteroatoms. The Balaban J connectivity index is 2.21. The van der Waals surface area contributed by atoms with Crippen LogP contribution in [0.25, 0.3) is 16.9 Å². The molecule has 0 saturated carbocycles. The predicted octanol–water partition coefficient (Wildman–Crippen LogP) is 3.73. The number of aryl methyl sites for hydroxylation is 3. The minimum atomic E-state index is 0.337. The lowest BCUT2D eigenvalue weighted by Crippen LogP contribution is -2.00. The van der Waals surface area contributed by atoms with Gasteiger partial charge < -0.3 is 0 Å². The fraction of sp³-hybridized carbons (Fsp3) is 0.167. The van der Waals surface area contributed by atoms with Gasteiger partial charge in [0.1, 0.15) is 11.8 Å². The molecule has 0 bridgehead atoms. The number of nitrogens with zero attached hydrogens (tertiary/aromatic N) is 4. The van der Waals surface area contributed by atoms with Crippen LogP contribution in [0.5, 0.6) is 0 Å². The Hall–Kier alpha value is -2.93. The van der Waals surface area contributed by atoms with Crippen LogP contribution in [-0.4, -0.2) is 15.0 Å². The summed E-state index contributed by atoms with van der Waals surface area (Å²) in [6, 6.07) is 16.3. The fourth-order valence-electron chi connectivity index (χ4n) is 2.37. The molecular formula is C18H16N4. The molecule has 0 aliphatic heterocycles. The van der Waals surface area contributed by atoms with Crippen LogP contribution < -0.4 is 0 Å². The summed E-state index contributed by atoms with van der Waals surface area (Å²) >= 11 is 0. The minimum absolute atomic E-state index is 0.337. The van der Waals surface area contributed by atoms with Gasteiger partial charge in [-0.2, -0.15) is 5.26 Å². The van der Waals surface area contributed by atoms with Crippen LogP contribution in [0.3, 0.4) is 0 Å². The second-order valence-electron chi connectivity index (χ2n) is 5.44. The van der Waals surface area contributed by atoms with Crippen LogP contribution >= 0.6 is 0 Å². The van der Waals surface area contributed by atoms with Crippen molar-refractivity contribution in [2.45, 2.75) is 20.8 Å². The molecule has 0 aliphatic rings. The Labute approximate surface area is 129 Å². The minimum Gasteiger partial charge on any atom is -0.211 e. The van der Waals surface area contributed by atoms with E-state index in [1.807, 2.05) is 37.3 Å². The molecule has 0 N–H and O–H groups in total. The normalized spacial score (nSPS) is 10.5. The lowest BCUT2D eigenvalue weighted by Gasteiger charge is -2.09. The van der Waals surface area contributed by atoms with Gasteiger partial charge in [-0.3, -0.25) is 0 Å². The molecule has 22 heavy (non-hydrogen) atoms. The summed E-state index contributed by atoms with van der Waals surface area (Å²) in [4.78, 5) is 0. The van der Waals surface area contributed by atoms with Crippen molar-refractivity contribution in [1.29, 1.82) is 5.26 Å². The lowest BCUT2D eigenvalue weighted by molar-refractivity contribution is 0.806. The summed E-state index contributed by atoms with van der Waals surface area (Å²) in [5.41, 5.74) is 6.49. The first kappa shape index (κ1) is 14.0. The molecule has 0 fully saturated rings. The Bertz CT molecular complexity index is 867. The maximum atomic E-state index is 9.34. The molecule has 108 valence electrons. The third-order valence-electron chi connectivity index (χ3n) is 3.84. The molecule has 1 heterocycles. The third kappa shape index (κ3) is 2.38. The van der Waals surface area contributed by atoms with Gasteiger partial charge in [0.15, 0.2) is 5.69 Å². The van der Waals surface area contributed by atoms with Crippen molar-refractivity contribution >= 4 is 0 Å². The summed E-state index contributed by atoms with van der Waals surface area (Å²) in [6.45, 7) is 6.17. The first-order chi connectivity index (χ1) is 10.6. The highest BCUT2D eigenvalue weighted by Gasteiger charge is 2.16. The first-order valence-corrected chi connectivity index (χ1v) is 7.10. The Morgan fingerprint density at radius 1 is 0.955 bits per heavy atom. The van der Waals surface area contributed by atoms with Gasteiger partial charge in [-0.15, -0.1) is 5.10 Å². The zero-order chi connectivity index (χ0) is 15.7. The van der Waals surface area contributed by atoms with E-state index < -0.39 is 0 Å². The van der Waals surface area contributed by atoms with E-state index in [1.165, 1.54) is 16.7 Å². The lowest BCUT2D eigenvalue weighted by atomic mass is 10.0. The summed E-state index contributed by atoms with van der Waals surface area (Å²) in [5.74, 6) is 0. The van der Waals surface area contributed by atoms with Crippen LogP contribution in [0.15, 0.2) is 42.5 Å². The average Bonchev–Trinajstić information content (AvgIpc) is 2.94. The van der Waals surface area contributed by atoms with E-state index in [9.17, 15) is 5.26 Å².